The number of phenolic OH excluding ortho intramolecular Hbond substituents is 1. The van der Waals surface area contributed by atoms with Gasteiger partial charge in [-0.3, -0.25) is 4.79 Å². The summed E-state index contributed by atoms with van der Waals surface area (Å²) in [5.74, 6) is 0.372. The molecular formula is C20H32N2O2. The summed E-state index contributed by atoms with van der Waals surface area (Å²) in [6.45, 7) is 15.9. The number of carbonyl (C=O) groups excluding carboxylic acids is 1. The number of piperazine rings is 1. The fraction of sp³-hybridized carbons (Fsp3) is 0.650. The van der Waals surface area contributed by atoms with Crippen molar-refractivity contribution < 1.29 is 9.90 Å². The molecule has 2 N–H and O–H groups in total. The summed E-state index contributed by atoms with van der Waals surface area (Å²) in [6.07, 6.45) is 0.263. The largest absolute Gasteiger partial charge is 0.507 e. The minimum absolute atomic E-state index is 0.0272. The highest BCUT2D eigenvalue weighted by Crippen LogP contribution is 2.38. The maximum absolute atomic E-state index is 12.6. The van der Waals surface area contributed by atoms with Crippen molar-refractivity contribution in [2.45, 2.75) is 58.8 Å². The summed E-state index contributed by atoms with van der Waals surface area (Å²) in [6, 6.07) is 4.10. The molecule has 0 radical (unpaired) electrons. The third-order valence-electron chi connectivity index (χ3n) is 4.67. The van der Waals surface area contributed by atoms with Gasteiger partial charge in [0.1, 0.15) is 5.75 Å². The summed E-state index contributed by atoms with van der Waals surface area (Å²) in [5.41, 5.74) is 2.63. The Morgan fingerprint density at radius 2 is 1.67 bits per heavy atom. The van der Waals surface area contributed by atoms with Gasteiger partial charge >= 0.3 is 0 Å². The van der Waals surface area contributed by atoms with E-state index in [4.69, 9.17) is 0 Å². The van der Waals surface area contributed by atoms with Crippen molar-refractivity contribution in [2.75, 3.05) is 26.2 Å². The van der Waals surface area contributed by atoms with E-state index in [-0.39, 0.29) is 28.9 Å². The third kappa shape index (κ3) is 4.29. The molecule has 1 saturated heterocycles. The molecular weight excluding hydrogens is 300 g/mol. The first-order valence-electron chi connectivity index (χ1n) is 8.85. The molecule has 24 heavy (non-hydrogen) atoms. The van der Waals surface area contributed by atoms with Gasteiger partial charge in [-0.05, 0) is 22.0 Å². The molecule has 0 aliphatic carbocycles. The van der Waals surface area contributed by atoms with E-state index in [0.717, 1.165) is 42.9 Å². The zero-order valence-corrected chi connectivity index (χ0v) is 16.0. The Bertz CT molecular complexity index is 603. The van der Waals surface area contributed by atoms with E-state index in [9.17, 15) is 9.90 Å². The average Bonchev–Trinajstić information content (AvgIpc) is 2.47. The first kappa shape index (κ1) is 18.8. The molecule has 1 aliphatic heterocycles. The highest BCUT2D eigenvalue weighted by molar-refractivity contribution is 5.80. The van der Waals surface area contributed by atoms with Crippen LogP contribution in [0.15, 0.2) is 12.1 Å². The van der Waals surface area contributed by atoms with Crippen LogP contribution < -0.4 is 5.32 Å². The van der Waals surface area contributed by atoms with Crippen LogP contribution in [0.2, 0.25) is 0 Å². The summed E-state index contributed by atoms with van der Waals surface area (Å²) >= 11 is 0. The number of benzene rings is 1. The average molecular weight is 332 g/mol. The minimum Gasteiger partial charge on any atom is -0.507 e. The number of hydrogen-bond acceptors (Lipinski definition) is 3. The van der Waals surface area contributed by atoms with Crippen LogP contribution in [0.5, 0.6) is 5.75 Å². The van der Waals surface area contributed by atoms with E-state index >= 15 is 0 Å². The summed E-state index contributed by atoms with van der Waals surface area (Å²) < 4.78 is 0. The molecule has 0 atom stereocenters. The Kier molecular flexibility index (Phi) is 5.28. The van der Waals surface area contributed by atoms with Crippen LogP contribution in [-0.4, -0.2) is 42.1 Å². The Hall–Kier alpha value is -1.55. The second-order valence-corrected chi connectivity index (χ2v) is 8.84. The van der Waals surface area contributed by atoms with Gasteiger partial charge in [-0.2, -0.15) is 0 Å². The van der Waals surface area contributed by atoms with Gasteiger partial charge in [-0.1, -0.05) is 53.7 Å². The fourth-order valence-electron chi connectivity index (χ4n) is 3.02. The lowest BCUT2D eigenvalue weighted by atomic mass is 9.78. The van der Waals surface area contributed by atoms with Crippen LogP contribution in [0.1, 0.15) is 58.2 Å². The number of nitrogens with one attached hydrogen (secondary N) is 1. The van der Waals surface area contributed by atoms with E-state index in [1.165, 1.54) is 0 Å². The molecule has 1 heterocycles. The monoisotopic (exact) mass is 332 g/mol. The lowest BCUT2D eigenvalue weighted by Crippen LogP contribution is -2.47. The normalized spacial score (nSPS) is 16.3. The molecule has 1 amide bonds. The molecule has 1 aromatic carbocycles. The Labute approximate surface area is 146 Å². The SMILES string of the molecule is CC(C)(C)c1cc(CC(=O)N2CCNCC2)c(O)c(C(C)(C)C)c1. The summed E-state index contributed by atoms with van der Waals surface area (Å²) in [5, 5.41) is 14.0. The molecule has 0 aromatic heterocycles. The van der Waals surface area contributed by atoms with E-state index < -0.39 is 0 Å². The maximum Gasteiger partial charge on any atom is 0.227 e. The maximum atomic E-state index is 12.6. The van der Waals surface area contributed by atoms with Crippen molar-refractivity contribution in [3.8, 4) is 5.75 Å². The van der Waals surface area contributed by atoms with Crippen LogP contribution in [-0.2, 0) is 22.0 Å². The van der Waals surface area contributed by atoms with Gasteiger partial charge in [-0.25, -0.2) is 0 Å². The van der Waals surface area contributed by atoms with Gasteiger partial charge < -0.3 is 15.3 Å². The number of carbonyl (C=O) groups is 1. The minimum atomic E-state index is -0.168. The molecule has 4 heteroatoms. The number of amides is 1. The van der Waals surface area contributed by atoms with Crippen molar-refractivity contribution in [1.82, 2.24) is 10.2 Å². The summed E-state index contributed by atoms with van der Waals surface area (Å²) in [4.78, 5) is 14.5. The smallest absolute Gasteiger partial charge is 0.227 e. The molecule has 134 valence electrons. The van der Waals surface area contributed by atoms with E-state index in [2.05, 4.69) is 52.9 Å². The Morgan fingerprint density at radius 3 is 2.17 bits per heavy atom. The van der Waals surface area contributed by atoms with Crippen LogP contribution in [0.4, 0.5) is 0 Å². The number of nitrogens with zero attached hydrogens (tertiary/aromatic N) is 1. The van der Waals surface area contributed by atoms with Crippen LogP contribution in [0.25, 0.3) is 0 Å². The van der Waals surface area contributed by atoms with Crippen molar-refractivity contribution in [3.63, 3.8) is 0 Å². The molecule has 0 saturated carbocycles. The highest BCUT2D eigenvalue weighted by Gasteiger charge is 2.26. The molecule has 1 aliphatic rings. The quantitative estimate of drug-likeness (QED) is 0.875. The first-order chi connectivity index (χ1) is 11.0. The van der Waals surface area contributed by atoms with E-state index in [1.54, 1.807) is 0 Å². The molecule has 0 unspecified atom stereocenters. The Morgan fingerprint density at radius 1 is 1.08 bits per heavy atom. The molecule has 0 bridgehead atoms. The zero-order chi connectivity index (χ0) is 18.1. The predicted octanol–water partition coefficient (Wildman–Crippen LogP) is 2.96. The predicted molar refractivity (Wildman–Crippen MR) is 98.7 cm³/mol. The van der Waals surface area contributed by atoms with E-state index in [1.807, 2.05) is 11.0 Å². The molecule has 0 spiro atoms. The number of hydrogen-bond donors (Lipinski definition) is 2. The lowest BCUT2D eigenvalue weighted by Gasteiger charge is -2.29. The molecule has 4 nitrogen and oxygen atoms in total. The van der Waals surface area contributed by atoms with Gasteiger partial charge in [0.15, 0.2) is 0 Å². The van der Waals surface area contributed by atoms with E-state index in [0.29, 0.717) is 0 Å². The Balaban J connectivity index is 2.39. The van der Waals surface area contributed by atoms with Gasteiger partial charge in [-0.15, -0.1) is 0 Å². The van der Waals surface area contributed by atoms with Crippen LogP contribution in [0.3, 0.4) is 0 Å². The molecule has 1 fully saturated rings. The van der Waals surface area contributed by atoms with Gasteiger partial charge in [0, 0.05) is 31.7 Å². The second kappa shape index (κ2) is 6.75. The van der Waals surface area contributed by atoms with Crippen molar-refractivity contribution in [2.24, 2.45) is 0 Å². The molecule has 1 aromatic rings. The number of aromatic hydroxyl groups is 1. The van der Waals surface area contributed by atoms with Crippen LogP contribution >= 0.6 is 0 Å². The topological polar surface area (TPSA) is 52.6 Å². The summed E-state index contributed by atoms with van der Waals surface area (Å²) in [7, 11) is 0. The lowest BCUT2D eigenvalue weighted by molar-refractivity contribution is -0.131. The van der Waals surface area contributed by atoms with Gasteiger partial charge in [0.05, 0.1) is 6.42 Å². The number of phenols is 1. The fourth-order valence-corrected chi connectivity index (χ4v) is 3.02. The second-order valence-electron chi connectivity index (χ2n) is 8.84. The van der Waals surface area contributed by atoms with Crippen molar-refractivity contribution in [1.29, 1.82) is 0 Å². The van der Waals surface area contributed by atoms with Gasteiger partial charge in [0.2, 0.25) is 5.91 Å². The third-order valence-corrected chi connectivity index (χ3v) is 4.67. The highest BCUT2D eigenvalue weighted by atomic mass is 16.3. The first-order valence-corrected chi connectivity index (χ1v) is 8.85. The number of rotatable bonds is 2. The van der Waals surface area contributed by atoms with Crippen LogP contribution in [0, 0.1) is 0 Å². The van der Waals surface area contributed by atoms with Crippen molar-refractivity contribution in [3.05, 3.63) is 28.8 Å². The van der Waals surface area contributed by atoms with Gasteiger partial charge in [0.25, 0.3) is 0 Å². The van der Waals surface area contributed by atoms with Crippen molar-refractivity contribution >= 4 is 5.91 Å². The zero-order valence-electron chi connectivity index (χ0n) is 16.0. The molecule has 2 rings (SSSR count). The standard InChI is InChI=1S/C20H32N2O2/c1-19(2,3)15-11-14(18(24)16(13-15)20(4,5)6)12-17(23)22-9-7-21-8-10-22/h11,13,21,24H,7-10,12H2,1-6H3.